The lowest BCUT2D eigenvalue weighted by Crippen LogP contribution is -2.51. The zero-order chi connectivity index (χ0) is 15.0. The molecule has 1 saturated heterocycles. The Morgan fingerprint density at radius 3 is 2.86 bits per heavy atom. The quantitative estimate of drug-likeness (QED) is 0.914. The molecular weight excluding hydrogens is 266 g/mol. The maximum atomic E-state index is 10.0. The Hall–Kier alpha value is -0.910. The van der Waals surface area contributed by atoms with E-state index in [4.69, 9.17) is 4.74 Å². The van der Waals surface area contributed by atoms with Crippen LogP contribution in [0, 0.1) is 13.8 Å². The van der Waals surface area contributed by atoms with Crippen LogP contribution < -0.4 is 0 Å². The van der Waals surface area contributed by atoms with Crippen LogP contribution in [0.1, 0.15) is 37.1 Å². The molecular formula is C16H27N3O2. The number of fused-ring (bicyclic) bond motifs is 1. The number of aryl methyl sites for hydroxylation is 2. The van der Waals surface area contributed by atoms with Gasteiger partial charge in [0.15, 0.2) is 0 Å². The van der Waals surface area contributed by atoms with E-state index in [0.717, 1.165) is 51.0 Å². The third kappa shape index (κ3) is 2.74. The van der Waals surface area contributed by atoms with Crippen molar-refractivity contribution in [2.24, 2.45) is 0 Å². The first-order valence-electron chi connectivity index (χ1n) is 8.02. The summed E-state index contributed by atoms with van der Waals surface area (Å²) in [6.45, 7) is 7.08. The van der Waals surface area contributed by atoms with E-state index in [1.54, 1.807) is 0 Å². The fourth-order valence-corrected chi connectivity index (χ4v) is 4.16. The van der Waals surface area contributed by atoms with Gasteiger partial charge in [-0.15, -0.1) is 0 Å². The fraction of sp³-hybridized carbons (Fsp3) is 0.812. The van der Waals surface area contributed by atoms with Gasteiger partial charge in [-0.25, -0.2) is 0 Å². The van der Waals surface area contributed by atoms with Crippen molar-refractivity contribution >= 4 is 0 Å². The van der Waals surface area contributed by atoms with Gasteiger partial charge in [0.25, 0.3) is 0 Å². The van der Waals surface area contributed by atoms with Gasteiger partial charge in [-0.05, 0) is 45.6 Å². The van der Waals surface area contributed by atoms with Gasteiger partial charge in [0.2, 0.25) is 0 Å². The third-order valence-electron chi connectivity index (χ3n) is 5.38. The van der Waals surface area contributed by atoms with Crippen molar-refractivity contribution < 1.29 is 9.84 Å². The molecule has 5 heteroatoms. The molecule has 2 heterocycles. The van der Waals surface area contributed by atoms with Crippen molar-refractivity contribution in [3.63, 3.8) is 0 Å². The highest BCUT2D eigenvalue weighted by Gasteiger charge is 2.50. The number of rotatable bonds is 4. The Morgan fingerprint density at radius 1 is 1.38 bits per heavy atom. The lowest BCUT2D eigenvalue weighted by atomic mass is 9.79. The number of aliphatic hydroxyl groups is 1. The van der Waals surface area contributed by atoms with E-state index in [9.17, 15) is 5.11 Å². The largest absolute Gasteiger partial charge is 0.393 e. The van der Waals surface area contributed by atoms with Crippen LogP contribution in [-0.4, -0.2) is 57.7 Å². The Balaban J connectivity index is 1.67. The fourth-order valence-electron chi connectivity index (χ4n) is 4.16. The summed E-state index contributed by atoms with van der Waals surface area (Å²) in [7, 11) is 1.83. The SMILES string of the molecule is CO[C@@]12CC[C@H](O)C[C@@H]1N(CCn1nc(C)cc1C)CC2. The molecule has 0 spiro atoms. The molecule has 3 atom stereocenters. The van der Waals surface area contributed by atoms with Gasteiger partial charge < -0.3 is 9.84 Å². The topological polar surface area (TPSA) is 50.5 Å². The first kappa shape index (κ1) is 15.0. The molecule has 5 nitrogen and oxygen atoms in total. The van der Waals surface area contributed by atoms with Crippen molar-refractivity contribution in [3.8, 4) is 0 Å². The van der Waals surface area contributed by atoms with Crippen LogP contribution in [0.3, 0.4) is 0 Å². The van der Waals surface area contributed by atoms with Gasteiger partial charge in [0.05, 0.1) is 23.9 Å². The molecule has 0 bridgehead atoms. The molecule has 21 heavy (non-hydrogen) atoms. The first-order chi connectivity index (χ1) is 10.0. The van der Waals surface area contributed by atoms with Crippen molar-refractivity contribution in [2.75, 3.05) is 20.2 Å². The van der Waals surface area contributed by atoms with Crippen LogP contribution in [-0.2, 0) is 11.3 Å². The highest BCUT2D eigenvalue weighted by molar-refractivity contribution is 5.07. The smallest absolute Gasteiger partial charge is 0.0847 e. The molecule has 0 aromatic carbocycles. The van der Waals surface area contributed by atoms with Crippen molar-refractivity contribution in [2.45, 2.75) is 63.8 Å². The summed E-state index contributed by atoms with van der Waals surface area (Å²) < 4.78 is 7.97. The minimum Gasteiger partial charge on any atom is -0.393 e. The Bertz CT molecular complexity index is 502. The minimum atomic E-state index is -0.174. The highest BCUT2D eigenvalue weighted by atomic mass is 16.5. The molecule has 2 aliphatic rings. The molecule has 1 aromatic heterocycles. The van der Waals surface area contributed by atoms with Crippen LogP contribution >= 0.6 is 0 Å². The first-order valence-corrected chi connectivity index (χ1v) is 8.02. The molecule has 0 radical (unpaired) electrons. The van der Waals surface area contributed by atoms with E-state index >= 15 is 0 Å². The monoisotopic (exact) mass is 293 g/mol. The summed E-state index contributed by atoms with van der Waals surface area (Å²) in [5, 5.41) is 14.6. The zero-order valence-electron chi connectivity index (χ0n) is 13.4. The molecule has 1 aliphatic carbocycles. The maximum absolute atomic E-state index is 10.0. The lowest BCUT2D eigenvalue weighted by molar-refractivity contribution is -0.0871. The van der Waals surface area contributed by atoms with Gasteiger partial charge >= 0.3 is 0 Å². The number of hydrogen-bond acceptors (Lipinski definition) is 4. The van der Waals surface area contributed by atoms with E-state index < -0.39 is 0 Å². The van der Waals surface area contributed by atoms with Crippen molar-refractivity contribution in [1.29, 1.82) is 0 Å². The van der Waals surface area contributed by atoms with E-state index in [1.165, 1.54) is 5.69 Å². The molecule has 1 aromatic rings. The molecule has 0 unspecified atom stereocenters. The average molecular weight is 293 g/mol. The molecule has 2 fully saturated rings. The Morgan fingerprint density at radius 2 is 2.19 bits per heavy atom. The normalized spacial score (nSPS) is 33.3. The van der Waals surface area contributed by atoms with Gasteiger partial charge in [0.1, 0.15) is 0 Å². The van der Waals surface area contributed by atoms with Crippen LogP contribution in [0.15, 0.2) is 6.07 Å². The minimum absolute atomic E-state index is 0.0334. The van der Waals surface area contributed by atoms with Gasteiger partial charge in [-0.3, -0.25) is 9.58 Å². The molecule has 118 valence electrons. The molecule has 0 amide bonds. The number of aromatic nitrogens is 2. The van der Waals surface area contributed by atoms with Gasteiger partial charge in [0, 0.05) is 31.9 Å². The number of likely N-dealkylation sites (tertiary alicyclic amines) is 1. The lowest BCUT2D eigenvalue weighted by Gasteiger charge is -2.42. The van der Waals surface area contributed by atoms with Crippen LogP contribution in [0.5, 0.6) is 0 Å². The second kappa shape index (κ2) is 5.71. The number of ether oxygens (including phenoxy) is 1. The Kier molecular flexibility index (Phi) is 4.08. The number of nitrogens with zero attached hydrogens (tertiary/aromatic N) is 3. The van der Waals surface area contributed by atoms with E-state index in [-0.39, 0.29) is 11.7 Å². The van der Waals surface area contributed by atoms with Crippen LogP contribution in [0.4, 0.5) is 0 Å². The predicted octanol–water partition coefficient (Wildman–Crippen LogP) is 1.50. The second-order valence-corrected chi connectivity index (χ2v) is 6.65. The number of hydrogen-bond donors (Lipinski definition) is 1. The standard InChI is InChI=1S/C16H27N3O2/c1-12-10-13(2)19(17-12)9-8-18-7-6-16(21-3)5-4-14(20)11-15(16)18/h10,14-15,20H,4-9,11H2,1-3H3/t14-,15-,16+/m0/s1. The summed E-state index contributed by atoms with van der Waals surface area (Å²) in [5.74, 6) is 0. The predicted molar refractivity (Wildman–Crippen MR) is 81.3 cm³/mol. The average Bonchev–Trinajstić information content (AvgIpc) is 2.97. The van der Waals surface area contributed by atoms with E-state index in [1.807, 2.05) is 14.0 Å². The second-order valence-electron chi connectivity index (χ2n) is 6.65. The zero-order valence-corrected chi connectivity index (χ0v) is 13.4. The van der Waals surface area contributed by atoms with Crippen molar-refractivity contribution in [3.05, 3.63) is 17.5 Å². The van der Waals surface area contributed by atoms with Crippen LogP contribution in [0.2, 0.25) is 0 Å². The third-order valence-corrected chi connectivity index (χ3v) is 5.38. The number of aliphatic hydroxyl groups excluding tert-OH is 1. The molecule has 3 rings (SSSR count). The van der Waals surface area contributed by atoms with Gasteiger partial charge in [-0.1, -0.05) is 0 Å². The summed E-state index contributed by atoms with van der Waals surface area (Å²) in [6.07, 6.45) is 3.59. The Labute approximate surface area is 126 Å². The summed E-state index contributed by atoms with van der Waals surface area (Å²) in [5.41, 5.74) is 2.26. The summed E-state index contributed by atoms with van der Waals surface area (Å²) in [6, 6.07) is 2.47. The maximum Gasteiger partial charge on any atom is 0.0847 e. The van der Waals surface area contributed by atoms with E-state index in [0.29, 0.717) is 6.04 Å². The molecule has 1 saturated carbocycles. The van der Waals surface area contributed by atoms with Gasteiger partial charge in [-0.2, -0.15) is 5.10 Å². The molecule has 1 aliphatic heterocycles. The highest BCUT2D eigenvalue weighted by Crippen LogP contribution is 2.42. The summed E-state index contributed by atoms with van der Waals surface area (Å²) in [4.78, 5) is 2.49. The van der Waals surface area contributed by atoms with Crippen LogP contribution in [0.25, 0.3) is 0 Å². The molecule has 1 N–H and O–H groups in total. The summed E-state index contributed by atoms with van der Waals surface area (Å²) >= 11 is 0. The number of methoxy groups -OCH3 is 1. The van der Waals surface area contributed by atoms with E-state index in [2.05, 4.69) is 27.7 Å². The van der Waals surface area contributed by atoms with Crippen molar-refractivity contribution in [1.82, 2.24) is 14.7 Å².